The molecule has 0 bridgehead atoms. The summed E-state index contributed by atoms with van der Waals surface area (Å²) < 4.78 is 22.6. The normalized spacial score (nSPS) is 18.7. The molecule has 1 unspecified atom stereocenters. The van der Waals surface area contributed by atoms with E-state index in [4.69, 9.17) is 10.9 Å². The van der Waals surface area contributed by atoms with Crippen LogP contribution in [-0.2, 0) is 14.8 Å². The van der Waals surface area contributed by atoms with Crippen LogP contribution in [0.15, 0.2) is 23.1 Å². The number of carboxylic acid groups (broad SMARTS) is 1. The van der Waals surface area contributed by atoms with Crippen LogP contribution >= 0.6 is 0 Å². The number of carbonyl (C=O) groups excluding carboxylic acids is 1. The summed E-state index contributed by atoms with van der Waals surface area (Å²) in [6.07, 6.45) is 1.23. The second-order valence-electron chi connectivity index (χ2n) is 4.78. The zero-order valence-corrected chi connectivity index (χ0v) is 11.8. The smallest absolute Gasteiger partial charge is 0.337 e. The van der Waals surface area contributed by atoms with Crippen molar-refractivity contribution in [3.8, 4) is 0 Å². The first-order chi connectivity index (χ1) is 9.71. The van der Waals surface area contributed by atoms with Gasteiger partial charge in [0.15, 0.2) is 0 Å². The van der Waals surface area contributed by atoms with Crippen molar-refractivity contribution in [3.63, 3.8) is 0 Å². The summed E-state index contributed by atoms with van der Waals surface area (Å²) in [5.74, 6) is -1.84. The number of sulfonamides is 1. The first-order valence-electron chi connectivity index (χ1n) is 6.18. The molecule has 9 heteroatoms. The number of amides is 1. The highest BCUT2D eigenvalue weighted by Gasteiger charge is 2.32. The second kappa shape index (κ2) is 5.34. The van der Waals surface area contributed by atoms with Crippen molar-refractivity contribution in [2.75, 3.05) is 11.4 Å². The molecule has 0 aliphatic carbocycles. The number of benzene rings is 1. The fraction of sp³-hybridized carbons (Fsp3) is 0.333. The molecule has 5 N–H and O–H groups in total. The van der Waals surface area contributed by atoms with Crippen molar-refractivity contribution in [1.29, 1.82) is 0 Å². The fourth-order valence-corrected chi connectivity index (χ4v) is 3.00. The third-order valence-corrected chi connectivity index (χ3v) is 4.33. The number of hydrogen-bond acceptors (Lipinski definition) is 5. The van der Waals surface area contributed by atoms with Crippen LogP contribution in [0.25, 0.3) is 0 Å². The summed E-state index contributed by atoms with van der Waals surface area (Å²) in [5.41, 5.74) is 5.34. The Hall–Kier alpha value is -2.13. The van der Waals surface area contributed by atoms with Crippen molar-refractivity contribution in [1.82, 2.24) is 0 Å². The first-order valence-corrected chi connectivity index (χ1v) is 7.72. The maximum Gasteiger partial charge on any atom is 0.337 e. The highest BCUT2D eigenvalue weighted by Crippen LogP contribution is 2.30. The van der Waals surface area contributed by atoms with Crippen molar-refractivity contribution in [2.24, 2.45) is 10.9 Å². The van der Waals surface area contributed by atoms with Gasteiger partial charge in [-0.25, -0.2) is 18.4 Å². The molecule has 1 heterocycles. The SMILES string of the molecule is NC(=O)C1CCCN1c1ccc(S(N)(=O)=O)cc1C(=O)O. The Morgan fingerprint density at radius 3 is 2.52 bits per heavy atom. The van der Waals surface area contributed by atoms with E-state index in [9.17, 15) is 23.1 Å². The van der Waals surface area contributed by atoms with E-state index in [2.05, 4.69) is 0 Å². The molecule has 1 aromatic carbocycles. The Morgan fingerprint density at radius 1 is 1.33 bits per heavy atom. The number of carboxylic acids is 1. The molecule has 114 valence electrons. The van der Waals surface area contributed by atoms with Gasteiger partial charge in [0.1, 0.15) is 6.04 Å². The van der Waals surface area contributed by atoms with E-state index < -0.39 is 27.9 Å². The van der Waals surface area contributed by atoms with Crippen LogP contribution in [0.5, 0.6) is 0 Å². The van der Waals surface area contributed by atoms with Gasteiger partial charge in [-0.05, 0) is 31.0 Å². The van der Waals surface area contributed by atoms with E-state index in [1.165, 1.54) is 12.1 Å². The predicted molar refractivity (Wildman–Crippen MR) is 74.3 cm³/mol. The number of nitrogens with zero attached hydrogens (tertiary/aromatic N) is 1. The van der Waals surface area contributed by atoms with Gasteiger partial charge < -0.3 is 15.7 Å². The standard InChI is InChI=1S/C12H15N3O5S/c13-11(16)10-2-1-5-15(10)9-4-3-7(21(14,19)20)6-8(9)12(17)18/h3-4,6,10H,1-2,5H2,(H2,13,16)(H,17,18)(H2,14,19,20). The molecular weight excluding hydrogens is 298 g/mol. The zero-order valence-electron chi connectivity index (χ0n) is 11.0. The summed E-state index contributed by atoms with van der Waals surface area (Å²) in [6, 6.07) is 2.95. The molecule has 1 aromatic rings. The summed E-state index contributed by atoms with van der Waals surface area (Å²) in [4.78, 5) is 24.1. The fourth-order valence-electron chi connectivity index (χ4n) is 2.46. The van der Waals surface area contributed by atoms with Gasteiger partial charge in [0.25, 0.3) is 0 Å². The molecule has 8 nitrogen and oxygen atoms in total. The summed E-state index contributed by atoms with van der Waals surface area (Å²) in [7, 11) is -4.00. The molecule has 1 amide bonds. The van der Waals surface area contributed by atoms with Gasteiger partial charge >= 0.3 is 5.97 Å². The highest BCUT2D eigenvalue weighted by atomic mass is 32.2. The minimum absolute atomic E-state index is 0.227. The topological polar surface area (TPSA) is 144 Å². The molecular formula is C12H15N3O5S. The molecule has 0 spiro atoms. The van der Waals surface area contributed by atoms with Crippen LogP contribution in [0.1, 0.15) is 23.2 Å². The van der Waals surface area contributed by atoms with Crippen LogP contribution in [-0.4, -0.2) is 38.0 Å². The molecule has 1 saturated heterocycles. The first kappa shape index (κ1) is 15.3. The summed E-state index contributed by atoms with van der Waals surface area (Å²) in [5, 5.41) is 14.3. The second-order valence-corrected chi connectivity index (χ2v) is 6.34. The minimum atomic E-state index is -4.00. The Labute approximate surface area is 121 Å². The third-order valence-electron chi connectivity index (χ3n) is 3.42. The van der Waals surface area contributed by atoms with Gasteiger partial charge in [0, 0.05) is 6.54 Å². The zero-order chi connectivity index (χ0) is 15.8. The molecule has 1 aliphatic heterocycles. The van der Waals surface area contributed by atoms with E-state index >= 15 is 0 Å². The predicted octanol–water partition coefficient (Wildman–Crippen LogP) is -0.514. The number of aromatic carboxylic acids is 1. The molecule has 21 heavy (non-hydrogen) atoms. The molecule has 0 saturated carbocycles. The Kier molecular flexibility index (Phi) is 3.88. The number of primary amides is 1. The van der Waals surface area contributed by atoms with E-state index in [1.54, 1.807) is 4.90 Å². The lowest BCUT2D eigenvalue weighted by Gasteiger charge is -2.26. The van der Waals surface area contributed by atoms with Crippen LogP contribution in [0.4, 0.5) is 5.69 Å². The quantitative estimate of drug-likeness (QED) is 0.682. The summed E-state index contributed by atoms with van der Waals surface area (Å²) in [6.45, 7) is 0.475. The van der Waals surface area contributed by atoms with Crippen LogP contribution in [0.2, 0.25) is 0 Å². The maximum atomic E-state index is 11.4. The van der Waals surface area contributed by atoms with Crippen molar-refractivity contribution >= 4 is 27.6 Å². The average molecular weight is 313 g/mol. The van der Waals surface area contributed by atoms with Crippen LogP contribution in [0, 0.1) is 0 Å². The number of hydrogen-bond donors (Lipinski definition) is 3. The number of anilines is 1. The summed E-state index contributed by atoms with van der Waals surface area (Å²) >= 11 is 0. The average Bonchev–Trinajstić information content (AvgIpc) is 2.85. The van der Waals surface area contributed by atoms with Crippen molar-refractivity contribution in [3.05, 3.63) is 23.8 Å². The molecule has 0 aromatic heterocycles. The van der Waals surface area contributed by atoms with Gasteiger partial charge in [-0.2, -0.15) is 0 Å². The maximum absolute atomic E-state index is 11.4. The number of primary sulfonamides is 1. The Balaban J connectivity index is 2.54. The lowest BCUT2D eigenvalue weighted by atomic mass is 10.1. The van der Waals surface area contributed by atoms with E-state index in [-0.39, 0.29) is 16.1 Å². The highest BCUT2D eigenvalue weighted by molar-refractivity contribution is 7.89. The van der Waals surface area contributed by atoms with Crippen molar-refractivity contribution < 1.29 is 23.1 Å². The van der Waals surface area contributed by atoms with Gasteiger partial charge in [-0.15, -0.1) is 0 Å². The third kappa shape index (κ3) is 2.98. The van der Waals surface area contributed by atoms with E-state index in [1.807, 2.05) is 0 Å². The Bertz CT molecular complexity index is 701. The molecule has 1 atom stereocenters. The lowest BCUT2D eigenvalue weighted by Crippen LogP contribution is -2.41. The molecule has 1 fully saturated rings. The van der Waals surface area contributed by atoms with Gasteiger partial charge in [0.2, 0.25) is 15.9 Å². The van der Waals surface area contributed by atoms with Crippen LogP contribution in [0.3, 0.4) is 0 Å². The largest absolute Gasteiger partial charge is 0.478 e. The molecule has 1 aliphatic rings. The van der Waals surface area contributed by atoms with Gasteiger partial charge in [-0.1, -0.05) is 0 Å². The number of carbonyl (C=O) groups is 2. The van der Waals surface area contributed by atoms with Gasteiger partial charge in [0.05, 0.1) is 16.1 Å². The Morgan fingerprint density at radius 2 is 2.00 bits per heavy atom. The van der Waals surface area contributed by atoms with E-state index in [0.717, 1.165) is 6.07 Å². The minimum Gasteiger partial charge on any atom is -0.478 e. The number of rotatable bonds is 4. The van der Waals surface area contributed by atoms with Gasteiger partial charge in [-0.3, -0.25) is 4.79 Å². The van der Waals surface area contributed by atoms with E-state index in [0.29, 0.717) is 19.4 Å². The monoisotopic (exact) mass is 313 g/mol. The van der Waals surface area contributed by atoms with Crippen LogP contribution < -0.4 is 15.8 Å². The lowest BCUT2D eigenvalue weighted by molar-refractivity contribution is -0.119. The number of nitrogens with two attached hydrogens (primary N) is 2. The molecule has 0 radical (unpaired) electrons. The molecule has 2 rings (SSSR count). The van der Waals surface area contributed by atoms with Crippen molar-refractivity contribution in [2.45, 2.75) is 23.8 Å².